The highest BCUT2D eigenvalue weighted by Crippen LogP contribution is 2.20. The Morgan fingerprint density at radius 3 is 2.94 bits per heavy atom. The first-order valence-corrected chi connectivity index (χ1v) is 8.65. The average molecular weight is 296 g/mol. The van der Waals surface area contributed by atoms with E-state index in [1.54, 1.807) is 23.8 Å². The molecule has 1 atom stereocenters. The molecule has 0 spiro atoms. The van der Waals surface area contributed by atoms with Crippen molar-refractivity contribution >= 4 is 27.6 Å². The fourth-order valence-corrected chi connectivity index (χ4v) is 4.46. The molecule has 3 N–H and O–H groups in total. The lowest BCUT2D eigenvalue weighted by Crippen LogP contribution is -2.55. The van der Waals surface area contributed by atoms with E-state index in [2.05, 4.69) is 10.4 Å². The van der Waals surface area contributed by atoms with Crippen LogP contribution < -0.4 is 11.3 Å². The van der Waals surface area contributed by atoms with Crippen LogP contribution in [0.5, 0.6) is 0 Å². The van der Waals surface area contributed by atoms with Crippen LogP contribution >= 0.6 is 11.8 Å². The van der Waals surface area contributed by atoms with E-state index < -0.39 is 15.2 Å². The van der Waals surface area contributed by atoms with Gasteiger partial charge in [0.25, 0.3) is 0 Å². The molecule has 106 valence electrons. The van der Waals surface area contributed by atoms with Gasteiger partial charge in [-0.3, -0.25) is 5.43 Å². The first kappa shape index (κ1) is 15.5. The summed E-state index contributed by atoms with van der Waals surface area (Å²) in [5, 5.41) is -0.575. The van der Waals surface area contributed by atoms with Gasteiger partial charge in [0, 0.05) is 31.4 Å². The molecule has 0 aliphatic carbocycles. The number of methoxy groups -OCH3 is 1. The van der Waals surface area contributed by atoms with E-state index >= 15 is 0 Å². The highest BCUT2D eigenvalue weighted by molar-refractivity contribution is 8.00. The van der Waals surface area contributed by atoms with E-state index in [0.717, 1.165) is 5.75 Å². The number of hydrogen-bond acceptors (Lipinski definition) is 6. The molecular weight excluding hydrogens is 276 g/mol. The van der Waals surface area contributed by atoms with Crippen molar-refractivity contribution in [1.29, 1.82) is 0 Å². The van der Waals surface area contributed by atoms with Gasteiger partial charge in [0.1, 0.15) is 5.37 Å². The van der Waals surface area contributed by atoms with Crippen molar-refractivity contribution in [2.75, 3.05) is 44.6 Å². The van der Waals surface area contributed by atoms with Crippen LogP contribution in [0, 0.1) is 0 Å². The number of ether oxygens (including phenoxy) is 1. The topological polar surface area (TPSA) is 97.0 Å². The van der Waals surface area contributed by atoms with Crippen molar-refractivity contribution < 1.29 is 13.2 Å². The second-order valence-electron chi connectivity index (χ2n) is 3.89. The van der Waals surface area contributed by atoms with E-state index in [1.165, 1.54) is 6.26 Å². The van der Waals surface area contributed by atoms with Gasteiger partial charge in [0.15, 0.2) is 9.84 Å². The summed E-state index contributed by atoms with van der Waals surface area (Å²) in [7, 11) is -1.58. The fraction of sp³-hybridized carbons (Fsp3) is 0.889. The molecule has 1 rings (SSSR count). The molecule has 7 nitrogen and oxygen atoms in total. The van der Waals surface area contributed by atoms with Crippen LogP contribution in [0.2, 0.25) is 0 Å². The van der Waals surface area contributed by atoms with Crippen LogP contribution in [-0.4, -0.2) is 69.2 Å². The Bertz CT molecular complexity index is 385. The van der Waals surface area contributed by atoms with Gasteiger partial charge in [-0.25, -0.2) is 19.3 Å². The van der Waals surface area contributed by atoms with Gasteiger partial charge in [0.2, 0.25) is 5.96 Å². The third-order valence-electron chi connectivity index (χ3n) is 2.54. The first-order valence-electron chi connectivity index (χ1n) is 5.54. The molecule has 1 saturated heterocycles. The molecule has 0 radical (unpaired) electrons. The van der Waals surface area contributed by atoms with Crippen molar-refractivity contribution in [2.24, 2.45) is 10.8 Å². The van der Waals surface area contributed by atoms with E-state index in [1.807, 2.05) is 0 Å². The number of rotatable bonds is 4. The van der Waals surface area contributed by atoms with Crippen LogP contribution in [0.4, 0.5) is 0 Å². The zero-order chi connectivity index (χ0) is 13.6. The summed E-state index contributed by atoms with van der Waals surface area (Å²) in [6.45, 7) is 1.52. The van der Waals surface area contributed by atoms with Crippen molar-refractivity contribution in [1.82, 2.24) is 10.3 Å². The van der Waals surface area contributed by atoms with Gasteiger partial charge >= 0.3 is 0 Å². The van der Waals surface area contributed by atoms with E-state index in [9.17, 15) is 8.42 Å². The Balaban J connectivity index is 2.83. The van der Waals surface area contributed by atoms with Crippen LogP contribution in [0.3, 0.4) is 0 Å². The summed E-state index contributed by atoms with van der Waals surface area (Å²) in [4.78, 5) is 5.94. The number of aliphatic imine (C=N–C) groups is 1. The van der Waals surface area contributed by atoms with Crippen LogP contribution in [0.15, 0.2) is 4.99 Å². The second-order valence-corrected chi connectivity index (χ2v) is 7.25. The van der Waals surface area contributed by atoms with E-state index in [-0.39, 0.29) is 0 Å². The number of guanidine groups is 1. The minimum absolute atomic E-state index is 0.405. The van der Waals surface area contributed by atoms with Crippen molar-refractivity contribution in [3.63, 3.8) is 0 Å². The monoisotopic (exact) mass is 296 g/mol. The summed E-state index contributed by atoms with van der Waals surface area (Å²) < 4.78 is 28.4. The highest BCUT2D eigenvalue weighted by Gasteiger charge is 2.32. The van der Waals surface area contributed by atoms with E-state index in [4.69, 9.17) is 10.6 Å². The number of nitrogens with zero attached hydrogens (tertiary/aromatic N) is 2. The summed E-state index contributed by atoms with van der Waals surface area (Å²) in [6, 6.07) is 0. The quantitative estimate of drug-likeness (QED) is 0.223. The molecule has 1 unspecified atom stereocenters. The summed E-state index contributed by atoms with van der Waals surface area (Å²) in [6.07, 6.45) is 1.24. The number of nitrogens with one attached hydrogen (secondary N) is 1. The van der Waals surface area contributed by atoms with Crippen LogP contribution in [0.1, 0.15) is 0 Å². The Morgan fingerprint density at radius 2 is 2.39 bits per heavy atom. The molecule has 1 aliphatic rings. The summed E-state index contributed by atoms with van der Waals surface area (Å²) in [5.41, 5.74) is 2.48. The number of hydrogen-bond donors (Lipinski definition) is 2. The summed E-state index contributed by atoms with van der Waals surface area (Å²) >= 11 is 1.62. The first-order chi connectivity index (χ1) is 8.50. The second kappa shape index (κ2) is 7.17. The number of sulfone groups is 1. The predicted octanol–water partition coefficient (Wildman–Crippen LogP) is -1.13. The number of hydrazine groups is 1. The molecule has 0 aromatic heterocycles. The molecule has 0 aromatic rings. The van der Waals surface area contributed by atoms with Gasteiger partial charge in [0.05, 0.1) is 13.2 Å². The molecule has 18 heavy (non-hydrogen) atoms. The smallest absolute Gasteiger partial charge is 0.209 e. The van der Waals surface area contributed by atoms with Gasteiger partial charge in [-0.2, -0.15) is 11.8 Å². The molecule has 1 fully saturated rings. The van der Waals surface area contributed by atoms with Crippen molar-refractivity contribution in [3.05, 3.63) is 0 Å². The van der Waals surface area contributed by atoms with Gasteiger partial charge in [-0.15, -0.1) is 0 Å². The Kier molecular flexibility index (Phi) is 6.19. The normalized spacial score (nSPS) is 22.1. The largest absolute Gasteiger partial charge is 0.383 e. The molecule has 9 heteroatoms. The maximum absolute atomic E-state index is 11.7. The highest BCUT2D eigenvalue weighted by atomic mass is 32.2. The predicted molar refractivity (Wildman–Crippen MR) is 74.2 cm³/mol. The minimum Gasteiger partial charge on any atom is -0.383 e. The molecule has 0 amide bonds. The zero-order valence-corrected chi connectivity index (χ0v) is 12.3. The molecule has 1 heterocycles. The number of nitrogens with two attached hydrogens (primary N) is 1. The Labute approximate surface area is 112 Å². The SMILES string of the molecule is COCCN=C(NN)N1CCSCC1S(C)(=O)=O. The van der Waals surface area contributed by atoms with Gasteiger partial charge < -0.3 is 9.64 Å². The van der Waals surface area contributed by atoms with Gasteiger partial charge in [-0.1, -0.05) is 0 Å². The lowest BCUT2D eigenvalue weighted by Gasteiger charge is -2.35. The van der Waals surface area contributed by atoms with E-state index in [0.29, 0.717) is 31.4 Å². The minimum atomic E-state index is -3.16. The maximum atomic E-state index is 11.7. The molecule has 0 aromatic carbocycles. The third kappa shape index (κ3) is 4.30. The average Bonchev–Trinajstić information content (AvgIpc) is 2.34. The maximum Gasteiger partial charge on any atom is 0.209 e. The summed E-state index contributed by atoms with van der Waals surface area (Å²) in [5.74, 6) is 7.22. The Morgan fingerprint density at radius 1 is 1.67 bits per heavy atom. The molecule has 0 bridgehead atoms. The van der Waals surface area contributed by atoms with Gasteiger partial charge in [-0.05, 0) is 0 Å². The van der Waals surface area contributed by atoms with Crippen LogP contribution in [0.25, 0.3) is 0 Å². The standard InChI is InChI=1S/C9H20N4O3S2/c1-16-5-3-11-9(12-10)13-4-6-17-7-8(13)18(2,14)15/h8H,3-7,10H2,1-2H3,(H,11,12). The zero-order valence-electron chi connectivity index (χ0n) is 10.6. The number of thioether (sulfide) groups is 1. The lowest BCUT2D eigenvalue weighted by atomic mass is 10.5. The Hall–Kier alpha value is -0.510. The fourth-order valence-electron chi connectivity index (χ4n) is 1.64. The molecule has 0 saturated carbocycles. The lowest BCUT2D eigenvalue weighted by molar-refractivity contribution is 0.207. The third-order valence-corrected chi connectivity index (χ3v) is 5.18. The van der Waals surface area contributed by atoms with Crippen molar-refractivity contribution in [2.45, 2.75) is 5.37 Å². The van der Waals surface area contributed by atoms with Crippen LogP contribution in [-0.2, 0) is 14.6 Å². The molecular formula is C9H20N4O3S2. The van der Waals surface area contributed by atoms with Crippen molar-refractivity contribution in [3.8, 4) is 0 Å². The molecule has 1 aliphatic heterocycles.